The summed E-state index contributed by atoms with van der Waals surface area (Å²) in [4.78, 5) is 14.2. The van der Waals surface area contributed by atoms with Gasteiger partial charge in [0.1, 0.15) is 0 Å². The molecule has 1 aliphatic rings. The Morgan fingerprint density at radius 3 is 2.45 bits per heavy atom. The molecule has 170 valence electrons. The van der Waals surface area contributed by atoms with E-state index >= 15 is 0 Å². The van der Waals surface area contributed by atoms with E-state index in [9.17, 15) is 0 Å². The molecule has 8 nitrogen and oxygen atoms in total. The van der Waals surface area contributed by atoms with Gasteiger partial charge in [0.05, 0.1) is 29.8 Å². The van der Waals surface area contributed by atoms with Crippen LogP contribution >= 0.6 is 12.2 Å². The average Bonchev–Trinajstić information content (AvgIpc) is 3.32. The first kappa shape index (κ1) is 22.6. The molecule has 1 saturated heterocycles. The Morgan fingerprint density at radius 2 is 1.82 bits per heavy atom. The van der Waals surface area contributed by atoms with Crippen molar-refractivity contribution in [2.45, 2.75) is 26.1 Å². The number of pyridine rings is 1. The van der Waals surface area contributed by atoms with Crippen LogP contribution in [0, 0.1) is 5.41 Å². The summed E-state index contributed by atoms with van der Waals surface area (Å²) in [5.41, 5.74) is 3.22. The van der Waals surface area contributed by atoms with Gasteiger partial charge in [-0.05, 0) is 74.6 Å². The van der Waals surface area contributed by atoms with Crippen LogP contribution in [-0.2, 0) is 4.74 Å². The van der Waals surface area contributed by atoms with Crippen molar-refractivity contribution in [3.8, 4) is 0 Å². The van der Waals surface area contributed by atoms with Gasteiger partial charge in [0, 0.05) is 36.7 Å². The standard InChI is InChI=1S/C24H27N7OS/c1-16-14-31(15-17(2)32-16)23(21-6-4-12-27-21)30-22(25)18-7-9-19(10-8-18)28-24(33)29-20-5-3-11-26-13-20/h3-13,16-17,25,27H,14-15H2,1-2H3,(H2,28,29,33)/b25-22?,30-23+/t16-,17+. The van der Waals surface area contributed by atoms with Crippen molar-refractivity contribution in [1.82, 2.24) is 14.9 Å². The van der Waals surface area contributed by atoms with E-state index in [1.165, 1.54) is 0 Å². The lowest BCUT2D eigenvalue weighted by molar-refractivity contribution is -0.0478. The maximum Gasteiger partial charge on any atom is 0.175 e. The predicted molar refractivity (Wildman–Crippen MR) is 136 cm³/mol. The fraction of sp³-hybridized carbons (Fsp3) is 0.250. The Labute approximate surface area is 198 Å². The molecule has 0 aliphatic carbocycles. The van der Waals surface area contributed by atoms with Crippen LogP contribution in [0.5, 0.6) is 0 Å². The Hall–Kier alpha value is -3.56. The number of rotatable bonds is 4. The highest BCUT2D eigenvalue weighted by Crippen LogP contribution is 2.17. The van der Waals surface area contributed by atoms with Gasteiger partial charge < -0.3 is 25.3 Å². The number of thiocarbonyl (C=S) groups is 1. The first-order chi connectivity index (χ1) is 16.0. The molecule has 3 aromatic rings. The number of benzene rings is 1. The third-order valence-corrected chi connectivity index (χ3v) is 5.32. The van der Waals surface area contributed by atoms with Crippen LogP contribution in [-0.4, -0.2) is 56.9 Å². The molecule has 9 heteroatoms. The van der Waals surface area contributed by atoms with Crippen molar-refractivity contribution in [3.63, 3.8) is 0 Å². The minimum Gasteiger partial charge on any atom is -0.372 e. The number of anilines is 2. The first-order valence-electron chi connectivity index (χ1n) is 10.8. The summed E-state index contributed by atoms with van der Waals surface area (Å²) in [7, 11) is 0. The monoisotopic (exact) mass is 461 g/mol. The minimum absolute atomic E-state index is 0.0950. The van der Waals surface area contributed by atoms with Gasteiger partial charge in [-0.2, -0.15) is 0 Å². The minimum atomic E-state index is 0.0950. The zero-order valence-corrected chi connectivity index (χ0v) is 19.4. The van der Waals surface area contributed by atoms with Crippen LogP contribution in [0.1, 0.15) is 25.1 Å². The van der Waals surface area contributed by atoms with Gasteiger partial charge in [-0.1, -0.05) is 0 Å². The molecule has 4 N–H and O–H groups in total. The molecule has 1 aromatic carbocycles. The third-order valence-electron chi connectivity index (χ3n) is 5.11. The Morgan fingerprint density at radius 1 is 1.09 bits per heavy atom. The van der Waals surface area contributed by atoms with Crippen molar-refractivity contribution < 1.29 is 4.74 Å². The maximum atomic E-state index is 8.62. The van der Waals surface area contributed by atoms with Gasteiger partial charge in [-0.3, -0.25) is 10.4 Å². The highest BCUT2D eigenvalue weighted by Gasteiger charge is 2.26. The van der Waals surface area contributed by atoms with Crippen LogP contribution in [0.3, 0.4) is 0 Å². The molecule has 0 amide bonds. The summed E-state index contributed by atoms with van der Waals surface area (Å²) >= 11 is 5.36. The number of nitrogens with one attached hydrogen (secondary N) is 4. The third kappa shape index (κ3) is 6.03. The van der Waals surface area contributed by atoms with Gasteiger partial charge in [-0.15, -0.1) is 0 Å². The molecule has 1 fully saturated rings. The number of morpholine rings is 1. The van der Waals surface area contributed by atoms with Gasteiger partial charge in [0.15, 0.2) is 16.8 Å². The van der Waals surface area contributed by atoms with E-state index in [1.54, 1.807) is 12.4 Å². The highest BCUT2D eigenvalue weighted by molar-refractivity contribution is 7.80. The highest BCUT2D eigenvalue weighted by atomic mass is 32.1. The fourth-order valence-corrected chi connectivity index (χ4v) is 3.97. The van der Waals surface area contributed by atoms with Crippen LogP contribution in [0.4, 0.5) is 11.4 Å². The lowest BCUT2D eigenvalue weighted by Gasteiger charge is -2.37. The Kier molecular flexibility index (Phi) is 7.11. The number of ether oxygens (including phenoxy) is 1. The van der Waals surface area contributed by atoms with Crippen molar-refractivity contribution in [2.75, 3.05) is 23.7 Å². The average molecular weight is 462 g/mol. The van der Waals surface area contributed by atoms with E-state index in [0.717, 1.165) is 36.0 Å². The molecule has 3 heterocycles. The second kappa shape index (κ2) is 10.4. The van der Waals surface area contributed by atoms with Crippen LogP contribution in [0.15, 0.2) is 72.1 Å². The lowest BCUT2D eigenvalue weighted by atomic mass is 10.2. The van der Waals surface area contributed by atoms with E-state index in [-0.39, 0.29) is 18.0 Å². The van der Waals surface area contributed by atoms with Crippen molar-refractivity contribution in [2.24, 2.45) is 4.99 Å². The fourth-order valence-electron chi connectivity index (χ4n) is 3.73. The predicted octanol–water partition coefficient (Wildman–Crippen LogP) is 4.10. The number of H-pyrrole nitrogens is 1. The molecule has 2 atom stereocenters. The maximum absolute atomic E-state index is 8.62. The number of aromatic nitrogens is 2. The van der Waals surface area contributed by atoms with E-state index in [2.05, 4.69) is 39.3 Å². The molecular formula is C24H27N7OS. The lowest BCUT2D eigenvalue weighted by Crippen LogP contribution is -2.48. The van der Waals surface area contributed by atoms with Crippen molar-refractivity contribution >= 4 is 40.4 Å². The zero-order valence-electron chi connectivity index (χ0n) is 18.6. The molecule has 2 aromatic heterocycles. The summed E-state index contributed by atoms with van der Waals surface area (Å²) in [6, 6.07) is 15.1. The molecule has 0 spiro atoms. The molecular weight excluding hydrogens is 434 g/mol. The number of amidine groups is 2. The molecule has 33 heavy (non-hydrogen) atoms. The van der Waals surface area contributed by atoms with Crippen molar-refractivity contribution in [3.05, 3.63) is 78.4 Å². The topological polar surface area (TPSA) is 101 Å². The quantitative estimate of drug-likeness (QED) is 0.265. The smallest absolute Gasteiger partial charge is 0.175 e. The summed E-state index contributed by atoms with van der Waals surface area (Å²) in [6.07, 6.45) is 5.47. The summed E-state index contributed by atoms with van der Waals surface area (Å²) < 4.78 is 5.87. The molecule has 0 bridgehead atoms. The molecule has 1 aliphatic heterocycles. The summed E-state index contributed by atoms with van der Waals surface area (Å²) in [6.45, 7) is 5.55. The van der Waals surface area contributed by atoms with Gasteiger partial charge >= 0.3 is 0 Å². The molecule has 0 unspecified atom stereocenters. The van der Waals surface area contributed by atoms with E-state index in [4.69, 9.17) is 27.4 Å². The van der Waals surface area contributed by atoms with E-state index in [0.29, 0.717) is 10.7 Å². The van der Waals surface area contributed by atoms with Gasteiger partial charge in [-0.25, -0.2) is 4.99 Å². The van der Waals surface area contributed by atoms with Gasteiger partial charge in [0.25, 0.3) is 0 Å². The molecule has 0 saturated carbocycles. The number of hydrogen-bond acceptors (Lipinski definition) is 4. The van der Waals surface area contributed by atoms with Gasteiger partial charge in [0.2, 0.25) is 0 Å². The summed E-state index contributed by atoms with van der Waals surface area (Å²) in [5, 5.41) is 15.3. The molecule has 4 rings (SSSR count). The Balaban J connectivity index is 1.47. The Bertz CT molecular complexity index is 1100. The van der Waals surface area contributed by atoms with Crippen LogP contribution < -0.4 is 10.6 Å². The molecule has 0 radical (unpaired) electrons. The largest absolute Gasteiger partial charge is 0.372 e. The second-order valence-corrected chi connectivity index (χ2v) is 8.34. The van der Waals surface area contributed by atoms with E-state index in [1.807, 2.05) is 54.7 Å². The first-order valence-corrected chi connectivity index (χ1v) is 11.2. The van der Waals surface area contributed by atoms with Crippen molar-refractivity contribution in [1.29, 1.82) is 5.41 Å². The normalized spacial score (nSPS) is 18.6. The number of hydrogen-bond donors (Lipinski definition) is 4. The zero-order chi connectivity index (χ0) is 23.2. The number of aromatic amines is 1. The number of aliphatic imine (C=N–C) groups is 1. The number of nitrogens with zero attached hydrogens (tertiary/aromatic N) is 3. The summed E-state index contributed by atoms with van der Waals surface area (Å²) in [5.74, 6) is 0.935. The van der Waals surface area contributed by atoms with E-state index < -0.39 is 0 Å². The van der Waals surface area contributed by atoms with Crippen LogP contribution in [0.25, 0.3) is 0 Å². The second-order valence-electron chi connectivity index (χ2n) is 7.93. The van der Waals surface area contributed by atoms with Crippen LogP contribution in [0.2, 0.25) is 0 Å². The SMILES string of the molecule is C[C@@H]1CN(/C(=N/C(=N)c2ccc(NC(=S)Nc3cccnc3)cc2)c2ccc[nH]2)C[C@H](C)O1.